The van der Waals surface area contributed by atoms with Crippen LogP contribution in [0.4, 0.5) is 0 Å². The first-order valence-corrected chi connectivity index (χ1v) is 12.7. The van der Waals surface area contributed by atoms with Gasteiger partial charge < -0.3 is 9.47 Å². The van der Waals surface area contributed by atoms with Crippen molar-refractivity contribution in [2.45, 2.75) is 139 Å². The zero-order chi connectivity index (χ0) is 20.1. The quantitative estimate of drug-likeness (QED) is 0.413. The molecule has 2 saturated heterocycles. The van der Waals surface area contributed by atoms with E-state index >= 15 is 0 Å². The van der Waals surface area contributed by atoms with Crippen LogP contribution in [0.5, 0.6) is 0 Å². The molecule has 2 fully saturated rings. The van der Waals surface area contributed by atoms with Crippen molar-refractivity contribution in [1.29, 1.82) is 0 Å². The third kappa shape index (κ3) is 11.0. The predicted octanol–water partition coefficient (Wildman–Crippen LogP) is 8.69. The lowest BCUT2D eigenvalue weighted by Gasteiger charge is -2.31. The molecule has 2 rings (SSSR count). The number of alkyl halides is 2. The van der Waals surface area contributed by atoms with Crippen LogP contribution in [-0.2, 0) is 9.47 Å². The Kier molecular flexibility index (Phi) is 12.8. The van der Waals surface area contributed by atoms with Gasteiger partial charge in [-0.3, -0.25) is 0 Å². The number of ether oxygens (including phenoxy) is 2. The summed E-state index contributed by atoms with van der Waals surface area (Å²) < 4.78 is 12.1. The summed E-state index contributed by atoms with van der Waals surface area (Å²) in [5.74, 6) is 0. The van der Waals surface area contributed by atoms with Crippen molar-refractivity contribution in [3.63, 3.8) is 0 Å². The van der Waals surface area contributed by atoms with E-state index in [-0.39, 0.29) is 12.2 Å². The van der Waals surface area contributed by atoms with E-state index in [9.17, 15) is 0 Å². The summed E-state index contributed by atoms with van der Waals surface area (Å²) in [5.41, 5.74) is 0. The Labute approximate surface area is 184 Å². The predicted molar refractivity (Wildman–Crippen MR) is 121 cm³/mol. The van der Waals surface area contributed by atoms with Crippen LogP contribution in [0.1, 0.15) is 122 Å². The van der Waals surface area contributed by atoms with E-state index in [0.717, 1.165) is 25.7 Å². The summed E-state index contributed by atoms with van der Waals surface area (Å²) in [7, 11) is 0. The Balaban J connectivity index is 2.12. The highest BCUT2D eigenvalue weighted by molar-refractivity contribution is 6.48. The second-order valence-electron chi connectivity index (χ2n) is 8.89. The van der Waals surface area contributed by atoms with Crippen LogP contribution >= 0.6 is 23.2 Å². The molecule has 4 heteroatoms. The average molecular weight is 434 g/mol. The zero-order valence-electron chi connectivity index (χ0n) is 17.9. The number of hydrogen-bond donors (Lipinski definition) is 0. The minimum absolute atomic E-state index is 0.237. The third-order valence-electron chi connectivity index (χ3n) is 6.15. The summed E-state index contributed by atoms with van der Waals surface area (Å²) in [6, 6.07) is 0. The van der Waals surface area contributed by atoms with Gasteiger partial charge in [0.2, 0.25) is 6.29 Å². The van der Waals surface area contributed by atoms with Crippen molar-refractivity contribution in [3.8, 4) is 0 Å². The lowest BCUT2D eigenvalue weighted by atomic mass is 9.99. The molecule has 164 valence electrons. The van der Waals surface area contributed by atoms with Gasteiger partial charge in [0.1, 0.15) is 4.33 Å². The molecule has 0 atom stereocenters. The molecule has 2 radical (unpaired) electrons. The van der Waals surface area contributed by atoms with E-state index in [0.29, 0.717) is 25.6 Å². The molecule has 0 saturated carbocycles. The van der Waals surface area contributed by atoms with Gasteiger partial charge in [0.15, 0.2) is 0 Å². The lowest BCUT2D eigenvalue weighted by Crippen LogP contribution is -2.28. The molecule has 0 amide bonds. The Hall–Kier alpha value is 0.500. The first kappa shape index (κ1) is 24.8. The van der Waals surface area contributed by atoms with Crippen LogP contribution in [-0.4, -0.2) is 16.5 Å². The van der Waals surface area contributed by atoms with Crippen LogP contribution in [0.3, 0.4) is 0 Å². The molecule has 0 aromatic carbocycles. The van der Waals surface area contributed by atoms with Gasteiger partial charge >= 0.3 is 0 Å². The molecular formula is C24H42Cl2O2. The Morgan fingerprint density at radius 1 is 0.679 bits per heavy atom. The van der Waals surface area contributed by atoms with Crippen molar-refractivity contribution in [2.24, 2.45) is 0 Å². The molecule has 0 aliphatic carbocycles. The summed E-state index contributed by atoms with van der Waals surface area (Å²) in [4.78, 5) is 0. The van der Waals surface area contributed by atoms with Crippen LogP contribution in [0.25, 0.3) is 0 Å². The minimum Gasteiger partial charge on any atom is -0.342 e. The maximum absolute atomic E-state index is 6.58. The molecule has 2 nitrogen and oxygen atoms in total. The second kappa shape index (κ2) is 14.5. The Morgan fingerprint density at radius 3 is 1.39 bits per heavy atom. The van der Waals surface area contributed by atoms with Gasteiger partial charge in [0, 0.05) is 6.42 Å². The van der Waals surface area contributed by atoms with Gasteiger partial charge in [-0.15, -0.1) is 23.2 Å². The highest BCUT2D eigenvalue weighted by Gasteiger charge is 2.33. The Bertz CT molecular complexity index is 343. The van der Waals surface area contributed by atoms with E-state index in [2.05, 4.69) is 6.92 Å². The summed E-state index contributed by atoms with van der Waals surface area (Å²) in [6.07, 6.45) is 23.1. The van der Waals surface area contributed by atoms with E-state index in [1.54, 1.807) is 0 Å². The maximum atomic E-state index is 6.58. The molecule has 28 heavy (non-hydrogen) atoms. The normalized spacial score (nSPS) is 28.4. The average Bonchev–Trinajstić information content (AvgIpc) is 2.66. The summed E-state index contributed by atoms with van der Waals surface area (Å²) >= 11 is 13.2. The molecule has 0 spiro atoms. The highest BCUT2D eigenvalue weighted by Crippen LogP contribution is 2.38. The first-order valence-electron chi connectivity index (χ1n) is 12.0. The third-order valence-corrected chi connectivity index (χ3v) is 6.79. The number of halogens is 2. The highest BCUT2D eigenvalue weighted by atomic mass is 35.5. The van der Waals surface area contributed by atoms with Gasteiger partial charge in [0.05, 0.1) is 12.2 Å². The van der Waals surface area contributed by atoms with Crippen molar-refractivity contribution in [2.75, 3.05) is 0 Å². The largest absolute Gasteiger partial charge is 0.342 e. The second-order valence-corrected chi connectivity index (χ2v) is 10.5. The molecule has 0 N–H and O–H groups in total. The zero-order valence-corrected chi connectivity index (χ0v) is 19.4. The lowest BCUT2D eigenvalue weighted by molar-refractivity contribution is -0.121. The van der Waals surface area contributed by atoms with Gasteiger partial charge in [0.25, 0.3) is 0 Å². The molecular weight excluding hydrogens is 391 g/mol. The van der Waals surface area contributed by atoms with E-state index in [4.69, 9.17) is 32.7 Å². The number of hydrogen-bond acceptors (Lipinski definition) is 2. The van der Waals surface area contributed by atoms with Crippen LogP contribution in [0, 0.1) is 13.2 Å². The van der Waals surface area contributed by atoms with Crippen molar-refractivity contribution < 1.29 is 9.47 Å². The summed E-state index contributed by atoms with van der Waals surface area (Å²) in [5, 5.41) is 0. The SMILES string of the molecule is [CH2]CCC(Cl)(Cl)C[C]1OC2CCCCCCCCC(CCCCCCCC2)O1. The van der Waals surface area contributed by atoms with E-state index in [1.165, 1.54) is 77.0 Å². The molecule has 0 unspecified atom stereocenters. The Morgan fingerprint density at radius 2 is 1.04 bits per heavy atom. The van der Waals surface area contributed by atoms with Gasteiger partial charge in [-0.1, -0.05) is 90.4 Å². The molecule has 2 aliphatic heterocycles. The van der Waals surface area contributed by atoms with Gasteiger partial charge in [-0.05, 0) is 32.1 Å². The maximum Gasteiger partial charge on any atom is 0.227 e. The molecule has 2 aliphatic rings. The molecule has 2 heterocycles. The van der Waals surface area contributed by atoms with E-state index in [1.807, 2.05) is 0 Å². The molecule has 2 bridgehead atoms. The molecule has 0 aromatic heterocycles. The standard InChI is InChI=1S/C24H42Cl2O2/c1-2-19-24(25,26)20-23-27-21-15-11-7-3-4-8-12-16-22(28-23)18-14-10-6-5-9-13-17-21/h21-22H,1-20H2. The van der Waals surface area contributed by atoms with E-state index < -0.39 is 4.33 Å². The fraction of sp³-hybridized carbons (Fsp3) is 0.917. The number of fused-ring (bicyclic) bond motifs is 4. The first-order chi connectivity index (χ1) is 13.6. The fourth-order valence-corrected chi connectivity index (χ4v) is 4.95. The smallest absolute Gasteiger partial charge is 0.227 e. The van der Waals surface area contributed by atoms with Crippen LogP contribution < -0.4 is 0 Å². The topological polar surface area (TPSA) is 18.5 Å². The van der Waals surface area contributed by atoms with Crippen molar-refractivity contribution >= 4 is 23.2 Å². The van der Waals surface area contributed by atoms with Crippen molar-refractivity contribution in [1.82, 2.24) is 0 Å². The summed E-state index contributed by atoms with van der Waals surface area (Å²) in [6.45, 7) is 3.92. The molecule has 0 aromatic rings. The fourth-order valence-electron chi connectivity index (χ4n) is 4.47. The number of rotatable bonds is 4. The van der Waals surface area contributed by atoms with Crippen LogP contribution in [0.2, 0.25) is 0 Å². The van der Waals surface area contributed by atoms with Crippen LogP contribution in [0.15, 0.2) is 0 Å². The van der Waals surface area contributed by atoms with Crippen molar-refractivity contribution in [3.05, 3.63) is 13.2 Å². The monoisotopic (exact) mass is 432 g/mol. The van der Waals surface area contributed by atoms with Gasteiger partial charge in [-0.25, -0.2) is 0 Å². The minimum atomic E-state index is -0.853. The van der Waals surface area contributed by atoms with Gasteiger partial charge in [-0.2, -0.15) is 0 Å².